The van der Waals surface area contributed by atoms with Crippen LogP contribution >= 0.6 is 12.2 Å². The van der Waals surface area contributed by atoms with Crippen molar-refractivity contribution in [3.63, 3.8) is 0 Å². The van der Waals surface area contributed by atoms with E-state index in [2.05, 4.69) is 10.6 Å². The monoisotopic (exact) mass is 332 g/mol. The van der Waals surface area contributed by atoms with E-state index in [0.717, 1.165) is 0 Å². The second-order valence-electron chi connectivity index (χ2n) is 4.46. The molecule has 120 valence electrons. The first-order chi connectivity index (χ1) is 11.1. The predicted octanol–water partition coefficient (Wildman–Crippen LogP) is 2.54. The summed E-state index contributed by atoms with van der Waals surface area (Å²) in [5.41, 5.74) is 0.628. The minimum atomic E-state index is -0.479. The number of phenolic OH excluding ortho intramolecular Hbond substituents is 1. The van der Waals surface area contributed by atoms with Gasteiger partial charge >= 0.3 is 0 Å². The predicted molar refractivity (Wildman–Crippen MR) is 91.3 cm³/mol. The number of phenols is 1. The molecule has 0 heterocycles. The summed E-state index contributed by atoms with van der Waals surface area (Å²) in [5, 5.41) is 15.0. The lowest BCUT2D eigenvalue weighted by atomic mass is 10.1. The van der Waals surface area contributed by atoms with Crippen LogP contribution < -0.4 is 20.1 Å². The van der Waals surface area contributed by atoms with Gasteiger partial charge in [0.25, 0.3) is 5.91 Å². The zero-order valence-corrected chi connectivity index (χ0v) is 13.4. The third kappa shape index (κ3) is 3.89. The molecule has 0 saturated carbocycles. The van der Waals surface area contributed by atoms with E-state index >= 15 is 0 Å². The smallest absolute Gasteiger partial charge is 0.264 e. The largest absolute Gasteiger partial charge is 0.506 e. The molecule has 2 aromatic rings. The van der Waals surface area contributed by atoms with Crippen LogP contribution in [0.4, 0.5) is 5.69 Å². The lowest BCUT2D eigenvalue weighted by Crippen LogP contribution is -2.34. The number of carbonyl (C=O) groups excluding carboxylic acids is 1. The van der Waals surface area contributed by atoms with E-state index in [-0.39, 0.29) is 16.4 Å². The van der Waals surface area contributed by atoms with Crippen molar-refractivity contribution in [1.29, 1.82) is 0 Å². The van der Waals surface area contributed by atoms with Gasteiger partial charge in [0.05, 0.1) is 19.9 Å². The van der Waals surface area contributed by atoms with Crippen LogP contribution in [0.25, 0.3) is 0 Å². The van der Waals surface area contributed by atoms with Gasteiger partial charge < -0.3 is 19.9 Å². The van der Waals surface area contributed by atoms with Gasteiger partial charge in [-0.05, 0) is 36.5 Å². The number of hydrogen-bond donors (Lipinski definition) is 3. The highest BCUT2D eigenvalue weighted by Gasteiger charge is 2.19. The van der Waals surface area contributed by atoms with Crippen LogP contribution in [0.3, 0.4) is 0 Å². The summed E-state index contributed by atoms with van der Waals surface area (Å²) in [7, 11) is 2.92. The average Bonchev–Trinajstić information content (AvgIpc) is 2.55. The van der Waals surface area contributed by atoms with Crippen molar-refractivity contribution in [2.75, 3.05) is 19.5 Å². The fourth-order valence-corrected chi connectivity index (χ4v) is 2.18. The van der Waals surface area contributed by atoms with Crippen LogP contribution in [-0.2, 0) is 0 Å². The number of benzene rings is 2. The number of carbonyl (C=O) groups is 1. The molecule has 0 aliphatic carbocycles. The zero-order chi connectivity index (χ0) is 16.8. The molecular weight excluding hydrogens is 316 g/mol. The zero-order valence-electron chi connectivity index (χ0n) is 12.6. The van der Waals surface area contributed by atoms with E-state index in [9.17, 15) is 9.90 Å². The highest BCUT2D eigenvalue weighted by atomic mass is 32.1. The molecule has 0 radical (unpaired) electrons. The van der Waals surface area contributed by atoms with Crippen molar-refractivity contribution >= 4 is 28.9 Å². The number of hydrogen-bond acceptors (Lipinski definition) is 5. The molecule has 2 aromatic carbocycles. The number of methoxy groups -OCH3 is 2. The second kappa shape index (κ2) is 7.46. The standard InChI is InChI=1S/C16H16N2O4S/c1-21-12-8-5-9-13(22-2)14(12)15(20)18-16(23)17-10-6-3-4-7-11(10)19/h3-9,19H,1-2H3,(H2,17,18,20,23). The van der Waals surface area contributed by atoms with Crippen LogP contribution in [0.5, 0.6) is 17.2 Å². The molecule has 7 heteroatoms. The fraction of sp³-hybridized carbons (Fsp3) is 0.125. The summed E-state index contributed by atoms with van der Waals surface area (Å²) in [4.78, 5) is 12.4. The highest BCUT2D eigenvalue weighted by Crippen LogP contribution is 2.28. The summed E-state index contributed by atoms with van der Waals surface area (Å²) < 4.78 is 10.4. The molecule has 0 bridgehead atoms. The Labute approximate surface area is 139 Å². The molecule has 0 aromatic heterocycles. The quantitative estimate of drug-likeness (QED) is 0.590. The van der Waals surface area contributed by atoms with Crippen molar-refractivity contribution in [3.05, 3.63) is 48.0 Å². The van der Waals surface area contributed by atoms with Gasteiger partial charge in [0.2, 0.25) is 0 Å². The summed E-state index contributed by atoms with van der Waals surface area (Å²) in [6.07, 6.45) is 0. The van der Waals surface area contributed by atoms with Gasteiger partial charge in [0, 0.05) is 0 Å². The van der Waals surface area contributed by atoms with Crippen LogP contribution in [0, 0.1) is 0 Å². The number of rotatable bonds is 4. The summed E-state index contributed by atoms with van der Waals surface area (Å²) in [5.74, 6) is 0.283. The molecule has 0 spiro atoms. The Morgan fingerprint density at radius 3 is 2.22 bits per heavy atom. The summed E-state index contributed by atoms with van der Waals surface area (Å²) in [6, 6.07) is 11.6. The first-order valence-electron chi connectivity index (χ1n) is 6.68. The van der Waals surface area contributed by atoms with E-state index < -0.39 is 5.91 Å². The van der Waals surface area contributed by atoms with E-state index in [1.54, 1.807) is 36.4 Å². The number of nitrogens with one attached hydrogen (secondary N) is 2. The summed E-state index contributed by atoms with van der Waals surface area (Å²) in [6.45, 7) is 0. The van der Waals surface area contributed by atoms with Gasteiger partial charge in [-0.1, -0.05) is 18.2 Å². The molecule has 0 aliphatic rings. The Kier molecular flexibility index (Phi) is 5.37. The lowest BCUT2D eigenvalue weighted by Gasteiger charge is -2.14. The second-order valence-corrected chi connectivity index (χ2v) is 4.87. The number of aromatic hydroxyl groups is 1. The van der Waals surface area contributed by atoms with Crippen molar-refractivity contribution in [2.45, 2.75) is 0 Å². The third-order valence-electron chi connectivity index (χ3n) is 3.03. The van der Waals surface area contributed by atoms with E-state index in [0.29, 0.717) is 17.2 Å². The lowest BCUT2D eigenvalue weighted by molar-refractivity contribution is 0.0971. The Hall–Kier alpha value is -2.80. The minimum Gasteiger partial charge on any atom is -0.506 e. The maximum Gasteiger partial charge on any atom is 0.264 e. The van der Waals surface area contributed by atoms with Crippen molar-refractivity contribution in [1.82, 2.24) is 5.32 Å². The minimum absolute atomic E-state index is 0.0268. The maximum absolute atomic E-state index is 12.4. The first kappa shape index (κ1) is 16.6. The molecule has 0 saturated heterocycles. The Morgan fingerprint density at radius 2 is 1.65 bits per heavy atom. The number of para-hydroxylation sites is 2. The molecule has 0 aliphatic heterocycles. The van der Waals surface area contributed by atoms with Gasteiger partial charge in [-0.15, -0.1) is 0 Å². The van der Waals surface area contributed by atoms with E-state index in [1.807, 2.05) is 0 Å². The van der Waals surface area contributed by atoms with Crippen molar-refractivity contribution in [2.24, 2.45) is 0 Å². The van der Waals surface area contributed by atoms with Crippen LogP contribution in [0.1, 0.15) is 10.4 Å². The SMILES string of the molecule is COc1cccc(OC)c1C(=O)NC(=S)Nc1ccccc1O. The number of anilines is 1. The van der Waals surface area contributed by atoms with Crippen LogP contribution in [-0.4, -0.2) is 30.3 Å². The van der Waals surface area contributed by atoms with Crippen molar-refractivity contribution in [3.8, 4) is 17.2 Å². The number of ether oxygens (including phenoxy) is 2. The number of thiocarbonyl (C=S) groups is 1. The average molecular weight is 332 g/mol. The molecule has 0 unspecified atom stereocenters. The summed E-state index contributed by atoms with van der Waals surface area (Å²) >= 11 is 5.10. The highest BCUT2D eigenvalue weighted by molar-refractivity contribution is 7.80. The van der Waals surface area contributed by atoms with Crippen molar-refractivity contribution < 1.29 is 19.4 Å². The topological polar surface area (TPSA) is 79.8 Å². The molecule has 3 N–H and O–H groups in total. The molecule has 2 rings (SSSR count). The Balaban J connectivity index is 2.16. The Bertz CT molecular complexity index is 712. The molecular formula is C16H16N2O4S. The van der Waals surface area contributed by atoms with E-state index in [1.165, 1.54) is 20.3 Å². The molecule has 1 amide bonds. The first-order valence-corrected chi connectivity index (χ1v) is 7.09. The van der Waals surface area contributed by atoms with Crippen LogP contribution in [0.15, 0.2) is 42.5 Å². The maximum atomic E-state index is 12.4. The van der Waals surface area contributed by atoms with Gasteiger partial charge in [-0.2, -0.15) is 0 Å². The third-order valence-corrected chi connectivity index (χ3v) is 3.24. The molecule has 0 fully saturated rings. The number of amides is 1. The molecule has 6 nitrogen and oxygen atoms in total. The Morgan fingerprint density at radius 1 is 1.04 bits per heavy atom. The van der Waals surface area contributed by atoms with Gasteiger partial charge in [0.15, 0.2) is 5.11 Å². The van der Waals surface area contributed by atoms with Gasteiger partial charge in [0.1, 0.15) is 22.8 Å². The van der Waals surface area contributed by atoms with Gasteiger partial charge in [-0.25, -0.2) is 0 Å². The molecule has 0 atom stereocenters. The fourth-order valence-electron chi connectivity index (χ4n) is 1.97. The normalized spacial score (nSPS) is 9.83. The van der Waals surface area contributed by atoms with E-state index in [4.69, 9.17) is 21.7 Å². The molecule has 23 heavy (non-hydrogen) atoms. The van der Waals surface area contributed by atoms with Crippen LogP contribution in [0.2, 0.25) is 0 Å². The van der Waals surface area contributed by atoms with Gasteiger partial charge in [-0.3, -0.25) is 10.1 Å².